The first-order valence-electron chi connectivity index (χ1n) is 8.21. The maximum absolute atomic E-state index is 13.1. The van der Waals surface area contributed by atoms with E-state index in [-0.39, 0.29) is 17.2 Å². The van der Waals surface area contributed by atoms with E-state index in [1.54, 1.807) is 6.07 Å². The number of halogens is 2. The van der Waals surface area contributed by atoms with Crippen molar-refractivity contribution < 1.29 is 23.0 Å². The van der Waals surface area contributed by atoms with Crippen LogP contribution < -0.4 is 10.5 Å². The Balaban J connectivity index is 2.15. The molecular formula is C18H19F2N3O3. The highest BCUT2D eigenvalue weighted by atomic mass is 19.3. The number of hydrogen-bond acceptors (Lipinski definition) is 5. The van der Waals surface area contributed by atoms with Crippen molar-refractivity contribution in [3.8, 4) is 16.9 Å². The summed E-state index contributed by atoms with van der Waals surface area (Å²) in [5.74, 6) is -0.239. The number of methoxy groups -OCH3 is 1. The number of pyridine rings is 2. The Morgan fingerprint density at radius 1 is 1.23 bits per heavy atom. The molecule has 1 amide bonds. The third-order valence-corrected chi connectivity index (χ3v) is 4.45. The molecule has 2 aromatic rings. The van der Waals surface area contributed by atoms with Gasteiger partial charge < -0.3 is 15.2 Å². The van der Waals surface area contributed by atoms with Crippen LogP contribution in [0.3, 0.4) is 0 Å². The first-order valence-corrected chi connectivity index (χ1v) is 8.21. The zero-order valence-electron chi connectivity index (χ0n) is 14.2. The summed E-state index contributed by atoms with van der Waals surface area (Å²) in [4.78, 5) is 19.9. The van der Waals surface area contributed by atoms with Crippen molar-refractivity contribution in [3.05, 3.63) is 41.5 Å². The Morgan fingerprint density at radius 2 is 1.96 bits per heavy atom. The third-order valence-electron chi connectivity index (χ3n) is 4.45. The molecule has 1 aliphatic heterocycles. The number of aromatic nitrogens is 2. The van der Waals surface area contributed by atoms with E-state index < -0.39 is 18.0 Å². The lowest BCUT2D eigenvalue weighted by Crippen LogP contribution is -2.17. The molecule has 3 rings (SSSR count). The van der Waals surface area contributed by atoms with Gasteiger partial charge in [0, 0.05) is 42.1 Å². The Kier molecular flexibility index (Phi) is 5.41. The summed E-state index contributed by atoms with van der Waals surface area (Å²) in [6, 6.07) is 2.95. The van der Waals surface area contributed by atoms with Crippen molar-refractivity contribution in [1.29, 1.82) is 0 Å². The minimum atomic E-state index is -2.74. The number of alkyl halides is 2. The Labute approximate surface area is 149 Å². The largest absolute Gasteiger partial charge is 0.494 e. The molecule has 1 saturated heterocycles. The minimum Gasteiger partial charge on any atom is -0.494 e. The van der Waals surface area contributed by atoms with E-state index in [1.165, 1.54) is 25.6 Å². The average molecular weight is 363 g/mol. The molecule has 26 heavy (non-hydrogen) atoms. The van der Waals surface area contributed by atoms with Crippen molar-refractivity contribution in [2.45, 2.75) is 25.2 Å². The molecule has 0 atom stereocenters. The summed E-state index contributed by atoms with van der Waals surface area (Å²) < 4.78 is 36.8. The topological polar surface area (TPSA) is 87.3 Å². The first kappa shape index (κ1) is 18.2. The number of amides is 1. The third kappa shape index (κ3) is 3.65. The van der Waals surface area contributed by atoms with Crippen LogP contribution in [0, 0.1) is 0 Å². The summed E-state index contributed by atoms with van der Waals surface area (Å²) in [5, 5.41) is 0. The van der Waals surface area contributed by atoms with Crippen LogP contribution in [-0.2, 0) is 4.74 Å². The highest BCUT2D eigenvalue weighted by Crippen LogP contribution is 2.36. The van der Waals surface area contributed by atoms with Crippen molar-refractivity contribution in [2.75, 3.05) is 20.3 Å². The summed E-state index contributed by atoms with van der Waals surface area (Å²) in [6.45, 7) is 1.26. The van der Waals surface area contributed by atoms with Crippen LogP contribution in [0.5, 0.6) is 5.75 Å². The molecule has 138 valence electrons. The lowest BCUT2D eigenvalue weighted by molar-refractivity contribution is 0.0844. The van der Waals surface area contributed by atoms with Gasteiger partial charge in [0.15, 0.2) is 0 Å². The number of carbonyl (C=O) groups is 1. The van der Waals surface area contributed by atoms with Crippen LogP contribution in [0.25, 0.3) is 11.1 Å². The second kappa shape index (κ2) is 7.74. The quantitative estimate of drug-likeness (QED) is 0.882. The van der Waals surface area contributed by atoms with E-state index in [1.807, 2.05) is 0 Å². The Morgan fingerprint density at radius 3 is 2.58 bits per heavy atom. The molecule has 0 aliphatic carbocycles. The van der Waals surface area contributed by atoms with E-state index in [2.05, 4.69) is 9.97 Å². The van der Waals surface area contributed by atoms with Gasteiger partial charge in [0.05, 0.1) is 18.9 Å². The summed E-state index contributed by atoms with van der Waals surface area (Å²) in [5.41, 5.74) is 6.72. The molecule has 1 aliphatic rings. The molecule has 2 aromatic heterocycles. The number of ether oxygens (including phenoxy) is 2. The molecular weight excluding hydrogens is 344 g/mol. The van der Waals surface area contributed by atoms with E-state index in [0.29, 0.717) is 24.3 Å². The molecule has 0 unspecified atom stereocenters. The van der Waals surface area contributed by atoms with Gasteiger partial charge in [0.1, 0.15) is 11.4 Å². The fourth-order valence-corrected chi connectivity index (χ4v) is 3.06. The number of primary amides is 1. The molecule has 6 nitrogen and oxygen atoms in total. The maximum Gasteiger partial charge on any atom is 0.280 e. The monoisotopic (exact) mass is 363 g/mol. The molecule has 2 N–H and O–H groups in total. The fourth-order valence-electron chi connectivity index (χ4n) is 3.06. The van der Waals surface area contributed by atoms with Gasteiger partial charge >= 0.3 is 0 Å². The number of nitrogens with two attached hydrogens (primary N) is 1. The van der Waals surface area contributed by atoms with Gasteiger partial charge in [-0.1, -0.05) is 0 Å². The average Bonchev–Trinajstić information content (AvgIpc) is 2.67. The van der Waals surface area contributed by atoms with Crippen LogP contribution in [0.1, 0.15) is 46.9 Å². The molecule has 0 saturated carbocycles. The highest BCUT2D eigenvalue weighted by Gasteiger charge is 2.23. The normalized spacial score (nSPS) is 15.2. The van der Waals surface area contributed by atoms with Crippen molar-refractivity contribution in [1.82, 2.24) is 9.97 Å². The first-order chi connectivity index (χ1) is 12.5. The van der Waals surface area contributed by atoms with E-state index in [4.69, 9.17) is 15.2 Å². The summed E-state index contributed by atoms with van der Waals surface area (Å²) in [7, 11) is 1.41. The van der Waals surface area contributed by atoms with Gasteiger partial charge in [0.2, 0.25) is 0 Å². The number of hydrogen-bond donors (Lipinski definition) is 1. The minimum absolute atomic E-state index is 0.144. The van der Waals surface area contributed by atoms with Crippen molar-refractivity contribution in [3.63, 3.8) is 0 Å². The van der Waals surface area contributed by atoms with Gasteiger partial charge in [-0.25, -0.2) is 8.78 Å². The SMILES string of the molecule is COc1cnc(C(F)F)cc1-c1cc(C2CCOCC2)ncc1C(N)=O. The number of rotatable bonds is 5. The van der Waals surface area contributed by atoms with Gasteiger partial charge in [-0.2, -0.15) is 0 Å². The fraction of sp³-hybridized carbons (Fsp3) is 0.389. The molecule has 0 aromatic carbocycles. The predicted octanol–water partition coefficient (Wildman–Crippen LogP) is 3.08. The van der Waals surface area contributed by atoms with Gasteiger partial charge in [-0.3, -0.25) is 14.8 Å². The molecule has 0 spiro atoms. The van der Waals surface area contributed by atoms with Crippen molar-refractivity contribution >= 4 is 5.91 Å². The van der Waals surface area contributed by atoms with Crippen LogP contribution in [0.4, 0.5) is 8.78 Å². The Bertz CT molecular complexity index is 808. The maximum atomic E-state index is 13.1. The smallest absolute Gasteiger partial charge is 0.280 e. The van der Waals surface area contributed by atoms with Crippen molar-refractivity contribution in [2.24, 2.45) is 5.73 Å². The summed E-state index contributed by atoms with van der Waals surface area (Å²) >= 11 is 0. The second-order valence-corrected chi connectivity index (χ2v) is 6.02. The van der Waals surface area contributed by atoms with Gasteiger partial charge in [0.25, 0.3) is 12.3 Å². The Hall–Kier alpha value is -2.61. The molecule has 1 fully saturated rings. The highest BCUT2D eigenvalue weighted by molar-refractivity contribution is 6.00. The van der Waals surface area contributed by atoms with E-state index >= 15 is 0 Å². The van der Waals surface area contributed by atoms with E-state index in [0.717, 1.165) is 18.5 Å². The van der Waals surface area contributed by atoms with Crippen LogP contribution in [-0.4, -0.2) is 36.2 Å². The lowest BCUT2D eigenvalue weighted by Gasteiger charge is -2.22. The van der Waals surface area contributed by atoms with E-state index in [9.17, 15) is 13.6 Å². The lowest BCUT2D eigenvalue weighted by atomic mass is 9.92. The van der Waals surface area contributed by atoms with Gasteiger partial charge in [-0.15, -0.1) is 0 Å². The number of carbonyl (C=O) groups excluding carboxylic acids is 1. The number of nitrogens with zero attached hydrogens (tertiary/aromatic N) is 2. The summed E-state index contributed by atoms with van der Waals surface area (Å²) in [6.07, 6.45) is 1.48. The van der Waals surface area contributed by atoms with Gasteiger partial charge in [-0.05, 0) is 25.0 Å². The zero-order chi connectivity index (χ0) is 18.7. The van der Waals surface area contributed by atoms with Crippen LogP contribution in [0.15, 0.2) is 24.5 Å². The molecule has 0 bridgehead atoms. The molecule has 0 radical (unpaired) electrons. The molecule has 3 heterocycles. The van der Waals surface area contributed by atoms with Crippen LogP contribution >= 0.6 is 0 Å². The standard InChI is InChI=1S/C18H19F2N3O3/c1-25-16-9-23-15(17(19)20)7-12(16)11-6-14(10-2-4-26-5-3-10)22-8-13(11)18(21)24/h6-10,17H,2-5H2,1H3,(H2,21,24). The molecule has 8 heteroatoms. The zero-order valence-corrected chi connectivity index (χ0v) is 14.2. The second-order valence-electron chi connectivity index (χ2n) is 6.02. The van der Waals surface area contributed by atoms with Crippen LogP contribution in [0.2, 0.25) is 0 Å². The predicted molar refractivity (Wildman–Crippen MR) is 90.3 cm³/mol.